The number of carbonyl (C=O) groups excluding carboxylic acids is 1. The largest absolute Gasteiger partial charge is 0.497 e. The van der Waals surface area contributed by atoms with Crippen molar-refractivity contribution in [1.29, 1.82) is 0 Å². The minimum atomic E-state index is 0.225. The SMILES string of the molecule is COc1cccc(-c2nn(C(C)C)cc2C=O)c1. The van der Waals surface area contributed by atoms with Crippen LogP contribution < -0.4 is 4.74 Å². The molecule has 0 amide bonds. The van der Waals surface area contributed by atoms with E-state index in [9.17, 15) is 4.79 Å². The molecule has 0 aliphatic rings. The molecule has 0 atom stereocenters. The van der Waals surface area contributed by atoms with Gasteiger partial charge >= 0.3 is 0 Å². The lowest BCUT2D eigenvalue weighted by Gasteiger charge is -2.04. The van der Waals surface area contributed by atoms with Crippen molar-refractivity contribution in [2.24, 2.45) is 0 Å². The van der Waals surface area contributed by atoms with Gasteiger partial charge in [-0.3, -0.25) is 9.48 Å². The Morgan fingerprint density at radius 3 is 2.78 bits per heavy atom. The second kappa shape index (κ2) is 5.04. The zero-order valence-corrected chi connectivity index (χ0v) is 10.8. The van der Waals surface area contributed by atoms with Crippen LogP contribution in [-0.2, 0) is 0 Å². The number of benzene rings is 1. The third-order valence-corrected chi connectivity index (χ3v) is 2.76. The summed E-state index contributed by atoms with van der Waals surface area (Å²) in [5.41, 5.74) is 2.17. The highest BCUT2D eigenvalue weighted by Gasteiger charge is 2.12. The molecule has 2 aromatic rings. The van der Waals surface area contributed by atoms with Crippen molar-refractivity contribution in [3.05, 3.63) is 36.0 Å². The molecular weight excluding hydrogens is 228 g/mol. The van der Waals surface area contributed by atoms with Crippen LogP contribution in [0.5, 0.6) is 5.75 Å². The summed E-state index contributed by atoms with van der Waals surface area (Å²) >= 11 is 0. The predicted octanol–water partition coefficient (Wildman–Crippen LogP) is 2.95. The van der Waals surface area contributed by atoms with Crippen LogP contribution in [0.25, 0.3) is 11.3 Å². The van der Waals surface area contributed by atoms with Crippen LogP contribution >= 0.6 is 0 Å². The average molecular weight is 244 g/mol. The minimum Gasteiger partial charge on any atom is -0.497 e. The van der Waals surface area contributed by atoms with Gasteiger partial charge in [0, 0.05) is 17.8 Å². The zero-order chi connectivity index (χ0) is 13.1. The van der Waals surface area contributed by atoms with Crippen molar-refractivity contribution in [1.82, 2.24) is 9.78 Å². The lowest BCUT2D eigenvalue weighted by Crippen LogP contribution is -2.00. The number of nitrogens with zero attached hydrogens (tertiary/aromatic N) is 2. The molecule has 0 fully saturated rings. The Labute approximate surface area is 106 Å². The van der Waals surface area contributed by atoms with Gasteiger partial charge < -0.3 is 4.74 Å². The van der Waals surface area contributed by atoms with E-state index < -0.39 is 0 Å². The number of carbonyl (C=O) groups is 1. The fourth-order valence-electron chi connectivity index (χ4n) is 1.75. The maximum atomic E-state index is 11.1. The van der Waals surface area contributed by atoms with Crippen LogP contribution in [0.4, 0.5) is 0 Å². The third-order valence-electron chi connectivity index (χ3n) is 2.76. The lowest BCUT2D eigenvalue weighted by atomic mass is 10.1. The molecule has 0 bridgehead atoms. The summed E-state index contributed by atoms with van der Waals surface area (Å²) in [6, 6.07) is 7.77. The van der Waals surface area contributed by atoms with Crippen molar-refractivity contribution < 1.29 is 9.53 Å². The van der Waals surface area contributed by atoms with Crippen molar-refractivity contribution in [3.63, 3.8) is 0 Å². The Hall–Kier alpha value is -2.10. The van der Waals surface area contributed by atoms with Gasteiger partial charge in [-0.15, -0.1) is 0 Å². The van der Waals surface area contributed by atoms with E-state index in [1.165, 1.54) is 0 Å². The maximum absolute atomic E-state index is 11.1. The number of methoxy groups -OCH3 is 1. The molecule has 0 radical (unpaired) electrons. The van der Waals surface area contributed by atoms with Gasteiger partial charge in [-0.1, -0.05) is 12.1 Å². The van der Waals surface area contributed by atoms with E-state index in [1.807, 2.05) is 38.1 Å². The Morgan fingerprint density at radius 1 is 1.39 bits per heavy atom. The first-order chi connectivity index (χ1) is 8.65. The van der Waals surface area contributed by atoms with Gasteiger partial charge in [-0.05, 0) is 26.0 Å². The van der Waals surface area contributed by atoms with Crippen LogP contribution in [0.2, 0.25) is 0 Å². The second-order valence-electron chi connectivity index (χ2n) is 4.36. The highest BCUT2D eigenvalue weighted by Crippen LogP contribution is 2.25. The van der Waals surface area contributed by atoms with Crippen molar-refractivity contribution in [2.45, 2.75) is 19.9 Å². The molecule has 1 aromatic heterocycles. The first kappa shape index (κ1) is 12.4. The monoisotopic (exact) mass is 244 g/mol. The van der Waals surface area contributed by atoms with Gasteiger partial charge in [0.25, 0.3) is 0 Å². The molecule has 0 aliphatic heterocycles. The zero-order valence-electron chi connectivity index (χ0n) is 10.8. The minimum absolute atomic E-state index is 0.225. The van der Waals surface area contributed by atoms with Crippen LogP contribution in [-0.4, -0.2) is 23.2 Å². The average Bonchev–Trinajstić information content (AvgIpc) is 2.83. The molecule has 0 saturated heterocycles. The summed E-state index contributed by atoms with van der Waals surface area (Å²) in [6.07, 6.45) is 2.60. The highest BCUT2D eigenvalue weighted by atomic mass is 16.5. The number of ether oxygens (including phenoxy) is 1. The second-order valence-corrected chi connectivity index (χ2v) is 4.36. The van der Waals surface area contributed by atoms with E-state index in [4.69, 9.17) is 4.74 Å². The smallest absolute Gasteiger partial charge is 0.153 e. The van der Waals surface area contributed by atoms with Crippen LogP contribution in [0, 0.1) is 0 Å². The summed E-state index contributed by atoms with van der Waals surface area (Å²) < 4.78 is 6.97. The van der Waals surface area contributed by atoms with Crippen molar-refractivity contribution in [2.75, 3.05) is 7.11 Å². The topological polar surface area (TPSA) is 44.1 Å². The number of hydrogen-bond donors (Lipinski definition) is 0. The quantitative estimate of drug-likeness (QED) is 0.777. The molecule has 4 nitrogen and oxygen atoms in total. The Kier molecular flexibility index (Phi) is 3.46. The first-order valence-corrected chi connectivity index (χ1v) is 5.84. The standard InChI is InChI=1S/C14H16N2O2/c1-10(2)16-8-12(9-17)14(15-16)11-5-4-6-13(7-11)18-3/h4-10H,1-3H3. The Balaban J connectivity index is 2.51. The van der Waals surface area contributed by atoms with E-state index >= 15 is 0 Å². The molecule has 0 spiro atoms. The van der Waals surface area contributed by atoms with E-state index in [2.05, 4.69) is 5.10 Å². The molecule has 18 heavy (non-hydrogen) atoms. The van der Waals surface area contributed by atoms with Crippen molar-refractivity contribution >= 4 is 6.29 Å². The molecule has 4 heteroatoms. The molecule has 1 aromatic carbocycles. The summed E-state index contributed by atoms with van der Waals surface area (Å²) in [5.74, 6) is 0.753. The van der Waals surface area contributed by atoms with Crippen LogP contribution in [0.3, 0.4) is 0 Å². The fraction of sp³-hybridized carbons (Fsp3) is 0.286. The van der Waals surface area contributed by atoms with Gasteiger partial charge in [-0.25, -0.2) is 0 Å². The maximum Gasteiger partial charge on any atom is 0.153 e. The molecule has 0 aliphatic carbocycles. The van der Waals surface area contributed by atoms with Gasteiger partial charge in [0.05, 0.1) is 12.7 Å². The number of aldehydes is 1. The molecule has 1 heterocycles. The van der Waals surface area contributed by atoms with E-state index in [-0.39, 0.29) is 6.04 Å². The highest BCUT2D eigenvalue weighted by molar-refractivity contribution is 5.85. The third kappa shape index (κ3) is 2.27. The molecule has 2 rings (SSSR count). The molecule has 0 N–H and O–H groups in total. The summed E-state index contributed by atoms with van der Waals surface area (Å²) in [4.78, 5) is 11.1. The number of hydrogen-bond acceptors (Lipinski definition) is 3. The Morgan fingerprint density at radius 2 is 2.17 bits per heavy atom. The summed E-state index contributed by atoms with van der Waals surface area (Å²) in [5, 5.41) is 4.46. The first-order valence-electron chi connectivity index (χ1n) is 5.84. The van der Waals surface area contributed by atoms with Crippen LogP contribution in [0.1, 0.15) is 30.2 Å². The van der Waals surface area contributed by atoms with Gasteiger partial charge in [0.2, 0.25) is 0 Å². The van der Waals surface area contributed by atoms with E-state index in [1.54, 1.807) is 18.0 Å². The summed E-state index contributed by atoms with van der Waals surface area (Å²) in [6.45, 7) is 4.05. The van der Waals surface area contributed by atoms with Gasteiger partial charge in [0.1, 0.15) is 11.4 Å². The van der Waals surface area contributed by atoms with Crippen molar-refractivity contribution in [3.8, 4) is 17.0 Å². The fourth-order valence-corrected chi connectivity index (χ4v) is 1.75. The van der Waals surface area contributed by atoms with Gasteiger partial charge in [0.15, 0.2) is 6.29 Å². The molecule has 94 valence electrons. The molecule has 0 saturated carbocycles. The molecular formula is C14H16N2O2. The normalized spacial score (nSPS) is 10.7. The Bertz CT molecular complexity index is 559. The number of aromatic nitrogens is 2. The van der Waals surface area contributed by atoms with E-state index in [0.29, 0.717) is 11.3 Å². The summed E-state index contributed by atoms with van der Waals surface area (Å²) in [7, 11) is 1.62. The van der Waals surface area contributed by atoms with Gasteiger partial charge in [-0.2, -0.15) is 5.10 Å². The lowest BCUT2D eigenvalue weighted by molar-refractivity contribution is 0.112. The predicted molar refractivity (Wildman–Crippen MR) is 70.0 cm³/mol. The molecule has 0 unspecified atom stereocenters. The van der Waals surface area contributed by atoms with Crippen LogP contribution in [0.15, 0.2) is 30.5 Å². The van der Waals surface area contributed by atoms with E-state index in [0.717, 1.165) is 17.6 Å². The number of rotatable bonds is 4.